The Bertz CT molecular complexity index is 1260. The van der Waals surface area contributed by atoms with E-state index in [1.165, 1.54) is 38.9 Å². The number of hydrogen-bond donors (Lipinski definition) is 1. The molecule has 174 valence electrons. The second-order valence-corrected chi connectivity index (χ2v) is 10.2. The Labute approximate surface area is 194 Å². The summed E-state index contributed by atoms with van der Waals surface area (Å²) in [7, 11) is -2.36. The summed E-state index contributed by atoms with van der Waals surface area (Å²) in [5, 5.41) is 6.97. The second-order valence-electron chi connectivity index (χ2n) is 8.64. The van der Waals surface area contributed by atoms with E-state index in [0.717, 1.165) is 33.2 Å². The lowest BCUT2D eigenvalue weighted by Crippen LogP contribution is -2.11. The molecule has 33 heavy (non-hydrogen) atoms. The van der Waals surface area contributed by atoms with Crippen molar-refractivity contribution in [3.8, 4) is 16.9 Å². The standard InChI is InChI=1S/C26H29NO5S/c1-31-26(28)13-7-18-6-12-25(32-17-19-4-2-3-5-19)24(14-18)22-9-8-21-16-23(33(27,29)30)11-10-20(21)15-22/h6,8-12,14-16,19H,2-5,7,13,17H2,1H3,(H2,27,29,30). The molecule has 0 atom stereocenters. The van der Waals surface area contributed by atoms with Gasteiger partial charge in [0.15, 0.2) is 0 Å². The fraction of sp³-hybridized carbons (Fsp3) is 0.346. The summed E-state index contributed by atoms with van der Waals surface area (Å²) in [5.41, 5.74) is 2.94. The molecule has 0 heterocycles. The molecule has 1 aliphatic rings. The maximum Gasteiger partial charge on any atom is 0.305 e. The van der Waals surface area contributed by atoms with Crippen LogP contribution in [0, 0.1) is 5.92 Å². The lowest BCUT2D eigenvalue weighted by Gasteiger charge is -2.17. The maximum absolute atomic E-state index is 11.7. The highest BCUT2D eigenvalue weighted by Crippen LogP contribution is 2.35. The first-order valence-electron chi connectivity index (χ1n) is 11.2. The molecule has 0 aromatic heterocycles. The second kappa shape index (κ2) is 9.93. The predicted octanol–water partition coefficient (Wildman–Crippen LogP) is 4.83. The van der Waals surface area contributed by atoms with Gasteiger partial charge in [-0.2, -0.15) is 0 Å². The van der Waals surface area contributed by atoms with E-state index in [4.69, 9.17) is 14.6 Å². The van der Waals surface area contributed by atoms with Gasteiger partial charge in [-0.3, -0.25) is 4.79 Å². The first kappa shape index (κ1) is 23.3. The van der Waals surface area contributed by atoms with Gasteiger partial charge in [0.25, 0.3) is 0 Å². The Morgan fingerprint density at radius 3 is 2.45 bits per heavy atom. The molecule has 0 aliphatic heterocycles. The van der Waals surface area contributed by atoms with Crippen molar-refractivity contribution in [2.45, 2.75) is 43.4 Å². The van der Waals surface area contributed by atoms with Crippen LogP contribution in [-0.2, 0) is 26.0 Å². The Balaban J connectivity index is 1.68. The highest BCUT2D eigenvalue weighted by atomic mass is 32.2. The summed E-state index contributed by atoms with van der Waals surface area (Å²) < 4.78 is 34.4. The highest BCUT2D eigenvalue weighted by Gasteiger charge is 2.17. The molecule has 1 saturated carbocycles. The lowest BCUT2D eigenvalue weighted by atomic mass is 9.97. The van der Waals surface area contributed by atoms with E-state index in [1.54, 1.807) is 12.1 Å². The first-order chi connectivity index (χ1) is 15.8. The first-order valence-corrected chi connectivity index (χ1v) is 12.8. The summed E-state index contributed by atoms with van der Waals surface area (Å²) in [6, 6.07) is 16.8. The SMILES string of the molecule is COC(=O)CCc1ccc(OCC2CCCC2)c(-c2ccc3cc(S(N)(=O)=O)ccc3c2)c1. The Morgan fingerprint density at radius 2 is 1.73 bits per heavy atom. The maximum atomic E-state index is 11.7. The minimum absolute atomic E-state index is 0.0909. The monoisotopic (exact) mass is 467 g/mol. The number of fused-ring (bicyclic) bond motifs is 1. The molecular formula is C26H29NO5S. The number of esters is 1. The van der Waals surface area contributed by atoms with Gasteiger partial charge >= 0.3 is 5.97 Å². The van der Waals surface area contributed by atoms with E-state index in [0.29, 0.717) is 25.4 Å². The summed E-state index contributed by atoms with van der Waals surface area (Å²) in [4.78, 5) is 11.7. The van der Waals surface area contributed by atoms with Gasteiger partial charge in [-0.15, -0.1) is 0 Å². The number of carbonyl (C=O) groups excluding carboxylic acids is 1. The molecule has 6 nitrogen and oxygen atoms in total. The third kappa shape index (κ3) is 5.72. The van der Waals surface area contributed by atoms with Gasteiger partial charge in [-0.1, -0.05) is 37.1 Å². The molecule has 7 heteroatoms. The van der Waals surface area contributed by atoms with Crippen LogP contribution in [0.1, 0.15) is 37.7 Å². The van der Waals surface area contributed by atoms with Gasteiger partial charge in [-0.25, -0.2) is 13.6 Å². The molecule has 0 radical (unpaired) electrons. The molecule has 0 unspecified atom stereocenters. The normalized spacial score (nSPS) is 14.5. The van der Waals surface area contributed by atoms with Crippen LogP contribution in [0.4, 0.5) is 0 Å². The quantitative estimate of drug-likeness (QED) is 0.479. The Hall–Kier alpha value is -2.90. The average Bonchev–Trinajstić information content (AvgIpc) is 3.34. The number of nitrogens with two attached hydrogens (primary N) is 1. The number of benzene rings is 3. The van der Waals surface area contributed by atoms with Gasteiger partial charge in [-0.05, 0) is 77.4 Å². The summed E-state index contributed by atoms with van der Waals surface area (Å²) >= 11 is 0. The van der Waals surface area contributed by atoms with Crippen LogP contribution < -0.4 is 9.88 Å². The van der Waals surface area contributed by atoms with Crippen molar-refractivity contribution >= 4 is 26.8 Å². The van der Waals surface area contributed by atoms with Gasteiger partial charge in [0, 0.05) is 12.0 Å². The van der Waals surface area contributed by atoms with Crippen LogP contribution in [0.25, 0.3) is 21.9 Å². The van der Waals surface area contributed by atoms with Crippen molar-refractivity contribution in [1.29, 1.82) is 0 Å². The fourth-order valence-electron chi connectivity index (χ4n) is 4.39. The molecule has 1 aliphatic carbocycles. The summed E-state index contributed by atoms with van der Waals surface area (Å²) in [6.45, 7) is 0.694. The number of methoxy groups -OCH3 is 1. The Kier molecular flexibility index (Phi) is 7.00. The molecule has 3 aromatic rings. The van der Waals surface area contributed by atoms with E-state index in [2.05, 4.69) is 6.07 Å². The van der Waals surface area contributed by atoms with Crippen molar-refractivity contribution in [2.24, 2.45) is 11.1 Å². The van der Waals surface area contributed by atoms with E-state index in [-0.39, 0.29) is 10.9 Å². The zero-order valence-electron chi connectivity index (χ0n) is 18.8. The van der Waals surface area contributed by atoms with Crippen LogP contribution in [-0.4, -0.2) is 28.1 Å². The molecule has 1 fully saturated rings. The smallest absolute Gasteiger partial charge is 0.305 e. The number of hydrogen-bond acceptors (Lipinski definition) is 5. The lowest BCUT2D eigenvalue weighted by molar-refractivity contribution is -0.140. The summed E-state index contributed by atoms with van der Waals surface area (Å²) in [6.07, 6.45) is 5.82. The number of carbonyl (C=O) groups is 1. The van der Waals surface area contributed by atoms with Gasteiger partial charge in [0.2, 0.25) is 10.0 Å². The zero-order valence-corrected chi connectivity index (χ0v) is 19.6. The molecule has 0 saturated heterocycles. The van der Waals surface area contributed by atoms with Gasteiger partial charge in [0.05, 0.1) is 18.6 Å². The third-order valence-electron chi connectivity index (χ3n) is 6.29. The van der Waals surface area contributed by atoms with Crippen LogP contribution in [0.15, 0.2) is 59.5 Å². The van der Waals surface area contributed by atoms with E-state index >= 15 is 0 Å². The molecular weight excluding hydrogens is 438 g/mol. The number of rotatable bonds is 8. The number of ether oxygens (including phenoxy) is 2. The van der Waals surface area contributed by atoms with Gasteiger partial charge < -0.3 is 9.47 Å². The fourth-order valence-corrected chi connectivity index (χ4v) is 4.93. The minimum atomic E-state index is -3.76. The molecule has 2 N–H and O–H groups in total. The number of sulfonamides is 1. The highest BCUT2D eigenvalue weighted by molar-refractivity contribution is 7.89. The van der Waals surface area contributed by atoms with Gasteiger partial charge in [0.1, 0.15) is 5.75 Å². The van der Waals surface area contributed by atoms with Crippen LogP contribution in [0.5, 0.6) is 5.75 Å². The molecule has 3 aromatic carbocycles. The molecule has 0 bridgehead atoms. The van der Waals surface area contributed by atoms with Crippen molar-refractivity contribution in [3.05, 3.63) is 60.2 Å². The van der Waals surface area contributed by atoms with E-state index < -0.39 is 10.0 Å². The predicted molar refractivity (Wildman–Crippen MR) is 129 cm³/mol. The Morgan fingerprint density at radius 1 is 1.00 bits per heavy atom. The van der Waals surface area contributed by atoms with E-state index in [1.807, 2.05) is 30.3 Å². The van der Waals surface area contributed by atoms with Crippen LogP contribution in [0.2, 0.25) is 0 Å². The average molecular weight is 468 g/mol. The largest absolute Gasteiger partial charge is 0.493 e. The van der Waals surface area contributed by atoms with Crippen molar-refractivity contribution in [1.82, 2.24) is 0 Å². The molecule has 0 amide bonds. The van der Waals surface area contributed by atoms with E-state index in [9.17, 15) is 13.2 Å². The summed E-state index contributed by atoms with van der Waals surface area (Å²) in [5.74, 6) is 1.16. The van der Waals surface area contributed by atoms with Crippen LogP contribution >= 0.6 is 0 Å². The van der Waals surface area contributed by atoms with Crippen molar-refractivity contribution in [2.75, 3.05) is 13.7 Å². The topological polar surface area (TPSA) is 95.7 Å². The zero-order chi connectivity index (χ0) is 23.4. The minimum Gasteiger partial charge on any atom is -0.493 e. The number of primary sulfonamides is 1. The molecule has 4 rings (SSSR count). The molecule has 0 spiro atoms. The number of aryl methyl sites for hydroxylation is 1. The third-order valence-corrected chi connectivity index (χ3v) is 7.20. The van der Waals surface area contributed by atoms with Crippen molar-refractivity contribution < 1.29 is 22.7 Å². The van der Waals surface area contributed by atoms with Crippen LogP contribution in [0.3, 0.4) is 0 Å². The van der Waals surface area contributed by atoms with Crippen molar-refractivity contribution in [3.63, 3.8) is 0 Å².